The topological polar surface area (TPSA) is 34.9 Å². The molecule has 0 N–H and O–H groups in total. The third kappa shape index (κ3) is 2.09. The average Bonchev–Trinajstić information content (AvgIpc) is 2.94. The van der Waals surface area contributed by atoms with Gasteiger partial charge in [0.25, 0.3) is 0 Å². The van der Waals surface area contributed by atoms with Crippen molar-refractivity contribution in [1.82, 2.24) is 9.78 Å². The van der Waals surface area contributed by atoms with E-state index in [1.165, 1.54) is 16.7 Å². The lowest BCUT2D eigenvalue weighted by atomic mass is 9.99. The van der Waals surface area contributed by atoms with Crippen molar-refractivity contribution in [2.24, 2.45) is 7.05 Å². The predicted octanol–water partition coefficient (Wildman–Crippen LogP) is 3.17. The van der Waals surface area contributed by atoms with Gasteiger partial charge in [-0.25, -0.2) is 0 Å². The van der Waals surface area contributed by atoms with E-state index in [2.05, 4.69) is 30.4 Å². The first kappa shape index (κ1) is 12.2. The molecule has 0 aliphatic heterocycles. The number of fused-ring (bicyclic) bond motifs is 1. The Morgan fingerprint density at radius 1 is 1.26 bits per heavy atom. The van der Waals surface area contributed by atoms with E-state index in [0.717, 1.165) is 30.5 Å². The number of Topliss-reactive ketones (excluding diaryl/α,β-unsaturated/α-hetero) is 1. The lowest BCUT2D eigenvalue weighted by Gasteiger charge is -2.04. The average molecular weight is 254 g/mol. The Hall–Kier alpha value is -1.90. The molecule has 0 atom stereocenters. The zero-order valence-corrected chi connectivity index (χ0v) is 11.4. The lowest BCUT2D eigenvalue weighted by molar-refractivity contribution is 0.0994. The fourth-order valence-corrected chi connectivity index (χ4v) is 2.82. The summed E-state index contributed by atoms with van der Waals surface area (Å²) in [5.41, 5.74) is 5.63. The molecule has 1 aromatic carbocycles. The molecule has 3 heteroatoms. The van der Waals surface area contributed by atoms with E-state index in [-0.39, 0.29) is 5.78 Å². The lowest BCUT2D eigenvalue weighted by Crippen LogP contribution is -1.92. The van der Waals surface area contributed by atoms with E-state index >= 15 is 0 Å². The van der Waals surface area contributed by atoms with Crippen molar-refractivity contribution in [3.05, 3.63) is 41.2 Å². The van der Waals surface area contributed by atoms with Crippen molar-refractivity contribution < 1.29 is 4.79 Å². The van der Waals surface area contributed by atoms with Gasteiger partial charge >= 0.3 is 0 Å². The van der Waals surface area contributed by atoms with Gasteiger partial charge in [-0.3, -0.25) is 9.48 Å². The second kappa shape index (κ2) is 4.65. The Kier molecular flexibility index (Phi) is 2.97. The maximum absolute atomic E-state index is 11.7. The number of aromatic nitrogens is 2. The highest BCUT2D eigenvalue weighted by Crippen LogP contribution is 2.30. The first-order chi connectivity index (χ1) is 9.19. The first-order valence-corrected chi connectivity index (χ1v) is 6.88. The van der Waals surface area contributed by atoms with Crippen molar-refractivity contribution in [2.45, 2.75) is 32.6 Å². The second-order valence-electron chi connectivity index (χ2n) is 5.21. The fourth-order valence-electron chi connectivity index (χ4n) is 2.82. The summed E-state index contributed by atoms with van der Waals surface area (Å²) < 4.78 is 1.87. The van der Waals surface area contributed by atoms with Crippen LogP contribution in [0.15, 0.2) is 24.4 Å². The van der Waals surface area contributed by atoms with Crippen molar-refractivity contribution in [3.8, 4) is 11.1 Å². The molecule has 0 spiro atoms. The molecule has 3 rings (SSSR count). The number of carbonyl (C=O) groups excluding carboxylic acids is 1. The normalized spacial score (nSPS) is 13.9. The molecule has 1 aliphatic carbocycles. The fraction of sp³-hybridized carbons (Fsp3) is 0.375. The van der Waals surface area contributed by atoms with Crippen LogP contribution in [0.5, 0.6) is 0 Å². The summed E-state index contributed by atoms with van der Waals surface area (Å²) in [6.45, 7) is 2.17. The molecule has 0 amide bonds. The minimum atomic E-state index is 0.279. The van der Waals surface area contributed by atoms with Gasteiger partial charge in [0.05, 0.1) is 5.69 Å². The molecule has 0 fully saturated rings. The van der Waals surface area contributed by atoms with Gasteiger partial charge in [0.2, 0.25) is 0 Å². The zero-order valence-electron chi connectivity index (χ0n) is 11.4. The van der Waals surface area contributed by atoms with Gasteiger partial charge in [0.1, 0.15) is 0 Å². The SMILES string of the molecule is CCCc1nn(C)cc1-c1ccc2c(c1)CCC2=O. The molecular weight excluding hydrogens is 236 g/mol. The van der Waals surface area contributed by atoms with Gasteiger partial charge < -0.3 is 0 Å². The largest absolute Gasteiger partial charge is 0.294 e. The van der Waals surface area contributed by atoms with Crippen molar-refractivity contribution in [3.63, 3.8) is 0 Å². The highest BCUT2D eigenvalue weighted by atomic mass is 16.1. The van der Waals surface area contributed by atoms with Crippen molar-refractivity contribution in [2.75, 3.05) is 0 Å². The van der Waals surface area contributed by atoms with Crippen LogP contribution in [0.1, 0.15) is 41.4 Å². The molecule has 0 radical (unpaired) electrons. The Morgan fingerprint density at radius 2 is 2.11 bits per heavy atom. The summed E-state index contributed by atoms with van der Waals surface area (Å²) in [5, 5.41) is 4.53. The van der Waals surface area contributed by atoms with Gasteiger partial charge in [-0.15, -0.1) is 0 Å². The summed E-state index contributed by atoms with van der Waals surface area (Å²) >= 11 is 0. The molecule has 1 heterocycles. The van der Waals surface area contributed by atoms with Gasteiger partial charge in [-0.1, -0.05) is 31.5 Å². The van der Waals surface area contributed by atoms with Crippen LogP contribution in [0.4, 0.5) is 0 Å². The molecule has 1 aromatic heterocycles. The van der Waals surface area contributed by atoms with E-state index < -0.39 is 0 Å². The predicted molar refractivity (Wildman–Crippen MR) is 75.3 cm³/mol. The third-order valence-corrected chi connectivity index (χ3v) is 3.73. The third-order valence-electron chi connectivity index (χ3n) is 3.73. The molecule has 19 heavy (non-hydrogen) atoms. The van der Waals surface area contributed by atoms with Crippen LogP contribution < -0.4 is 0 Å². The van der Waals surface area contributed by atoms with Crippen molar-refractivity contribution in [1.29, 1.82) is 0 Å². The second-order valence-corrected chi connectivity index (χ2v) is 5.21. The number of hydrogen-bond donors (Lipinski definition) is 0. The van der Waals surface area contributed by atoms with Crippen LogP contribution in [0.3, 0.4) is 0 Å². The van der Waals surface area contributed by atoms with Crippen LogP contribution in [-0.2, 0) is 19.9 Å². The molecule has 0 saturated heterocycles. The van der Waals surface area contributed by atoms with E-state index in [0.29, 0.717) is 6.42 Å². The van der Waals surface area contributed by atoms with Crippen LogP contribution in [0, 0.1) is 0 Å². The zero-order chi connectivity index (χ0) is 13.4. The number of aryl methyl sites for hydroxylation is 3. The Balaban J connectivity index is 2.05. The summed E-state index contributed by atoms with van der Waals surface area (Å²) in [6, 6.07) is 6.19. The van der Waals surface area contributed by atoms with Crippen LogP contribution in [0.25, 0.3) is 11.1 Å². The first-order valence-electron chi connectivity index (χ1n) is 6.88. The maximum Gasteiger partial charge on any atom is 0.163 e. The molecular formula is C16H18N2O. The Bertz CT molecular complexity index is 640. The molecule has 3 nitrogen and oxygen atoms in total. The molecule has 1 aliphatic rings. The van der Waals surface area contributed by atoms with E-state index in [1.807, 2.05) is 17.8 Å². The van der Waals surface area contributed by atoms with E-state index in [1.54, 1.807) is 0 Å². The summed E-state index contributed by atoms with van der Waals surface area (Å²) in [5.74, 6) is 0.279. The number of benzene rings is 1. The Morgan fingerprint density at radius 3 is 2.89 bits per heavy atom. The number of hydrogen-bond acceptors (Lipinski definition) is 2. The smallest absolute Gasteiger partial charge is 0.163 e. The minimum Gasteiger partial charge on any atom is -0.294 e. The summed E-state index contributed by atoms with van der Waals surface area (Å²) in [7, 11) is 1.96. The molecule has 2 aromatic rings. The van der Waals surface area contributed by atoms with Crippen LogP contribution in [0.2, 0.25) is 0 Å². The van der Waals surface area contributed by atoms with E-state index in [9.17, 15) is 4.79 Å². The molecule has 0 bridgehead atoms. The number of carbonyl (C=O) groups is 1. The van der Waals surface area contributed by atoms with Crippen molar-refractivity contribution >= 4 is 5.78 Å². The maximum atomic E-state index is 11.7. The van der Waals surface area contributed by atoms with Crippen LogP contribution in [-0.4, -0.2) is 15.6 Å². The number of ketones is 1. The van der Waals surface area contributed by atoms with Gasteiger partial charge in [0, 0.05) is 30.8 Å². The summed E-state index contributed by atoms with van der Waals surface area (Å²) in [4.78, 5) is 11.7. The molecule has 0 saturated carbocycles. The monoisotopic (exact) mass is 254 g/mol. The van der Waals surface area contributed by atoms with E-state index in [4.69, 9.17) is 0 Å². The van der Waals surface area contributed by atoms with Gasteiger partial charge in [-0.2, -0.15) is 5.10 Å². The van der Waals surface area contributed by atoms with Gasteiger partial charge in [0.15, 0.2) is 5.78 Å². The standard InChI is InChI=1S/C16H18N2O/c1-3-4-15-14(10-18(2)17-15)12-5-7-13-11(9-12)6-8-16(13)19/h5,7,9-10H,3-4,6,8H2,1-2H3. The molecule has 98 valence electrons. The van der Waals surface area contributed by atoms with Crippen LogP contribution >= 0.6 is 0 Å². The number of nitrogens with zero attached hydrogens (tertiary/aromatic N) is 2. The van der Waals surface area contributed by atoms with Gasteiger partial charge in [-0.05, 0) is 24.0 Å². The number of rotatable bonds is 3. The molecule has 0 unspecified atom stereocenters. The quantitative estimate of drug-likeness (QED) is 0.843. The highest BCUT2D eigenvalue weighted by Gasteiger charge is 2.20. The highest BCUT2D eigenvalue weighted by molar-refractivity contribution is 6.00. The minimum absolute atomic E-state index is 0.279. The summed E-state index contributed by atoms with van der Waals surface area (Å²) in [6.07, 6.45) is 5.70. The Labute approximate surface area is 113 Å².